The fourth-order valence-electron chi connectivity index (χ4n) is 5.37. The minimum atomic E-state index is -4.10. The van der Waals surface area contributed by atoms with E-state index in [0.29, 0.717) is 24.2 Å². The number of benzene rings is 3. The zero-order valence-electron chi connectivity index (χ0n) is 25.4. The van der Waals surface area contributed by atoms with Gasteiger partial charge in [-0.25, -0.2) is 9.13 Å². The molecule has 0 bridgehead atoms. The molecule has 0 atom stereocenters. The molecule has 0 aliphatic heterocycles. The largest absolute Gasteiger partial charge is 1.00 e. The lowest BCUT2D eigenvalue weighted by Gasteiger charge is -2.09. The van der Waals surface area contributed by atoms with E-state index in [0.717, 1.165) is 44.4 Å². The van der Waals surface area contributed by atoms with Crippen molar-refractivity contribution in [2.24, 2.45) is 0 Å². The van der Waals surface area contributed by atoms with E-state index in [2.05, 4.69) is 10.2 Å². The lowest BCUT2D eigenvalue weighted by Crippen LogP contribution is -3.00. The van der Waals surface area contributed by atoms with E-state index in [-0.39, 0.29) is 46.3 Å². The van der Waals surface area contributed by atoms with E-state index >= 15 is 0 Å². The summed E-state index contributed by atoms with van der Waals surface area (Å²) in [6.45, 7) is 1.22. The van der Waals surface area contributed by atoms with E-state index in [1.165, 1.54) is 0 Å². The van der Waals surface area contributed by atoms with Gasteiger partial charge in [0.2, 0.25) is 0 Å². The van der Waals surface area contributed by atoms with Crippen LogP contribution in [0.1, 0.15) is 22.3 Å². The molecular formula is C34H32Br2N4O6P2. The van der Waals surface area contributed by atoms with Gasteiger partial charge in [-0.1, -0.05) is 72.8 Å². The second-order valence-corrected chi connectivity index (χ2v) is 14.5. The lowest BCUT2D eigenvalue weighted by molar-refractivity contribution is -0.688. The molecule has 0 saturated carbocycles. The maximum Gasteiger partial charge on any atom is 0.329 e. The first-order valence-corrected chi connectivity index (χ1v) is 18.1. The van der Waals surface area contributed by atoms with Gasteiger partial charge in [-0.05, 0) is 11.1 Å². The van der Waals surface area contributed by atoms with Crippen molar-refractivity contribution in [1.29, 1.82) is 0 Å². The maximum absolute atomic E-state index is 11.3. The monoisotopic (exact) mass is 812 g/mol. The molecular weight excluding hydrogens is 782 g/mol. The summed E-state index contributed by atoms with van der Waals surface area (Å²) in [5.41, 5.74) is 6.66. The number of halogens is 2. The highest BCUT2D eigenvalue weighted by Crippen LogP contribution is 2.39. The minimum absolute atomic E-state index is 0. The number of aromatic nitrogens is 4. The van der Waals surface area contributed by atoms with Gasteiger partial charge in [-0.3, -0.25) is 9.13 Å². The molecule has 3 aromatic carbocycles. The highest BCUT2D eigenvalue weighted by atomic mass is 79.9. The van der Waals surface area contributed by atoms with Gasteiger partial charge in [0.25, 0.3) is 0 Å². The molecule has 0 aliphatic rings. The van der Waals surface area contributed by atoms with Gasteiger partial charge < -0.3 is 53.5 Å². The molecule has 6 rings (SSSR count). The molecule has 3 aromatic heterocycles. The summed E-state index contributed by atoms with van der Waals surface area (Å²) in [7, 11) is -8.19. The first-order chi connectivity index (χ1) is 22.0. The zero-order valence-corrected chi connectivity index (χ0v) is 30.4. The molecule has 0 radical (unpaired) electrons. The van der Waals surface area contributed by atoms with Crippen molar-refractivity contribution in [2.45, 2.75) is 25.4 Å². The average molecular weight is 814 g/mol. The normalized spacial score (nSPS) is 11.5. The summed E-state index contributed by atoms with van der Waals surface area (Å²) >= 11 is 0. The Balaban J connectivity index is 0.00000260. The van der Waals surface area contributed by atoms with Gasteiger partial charge in [0.05, 0.1) is 12.3 Å². The molecule has 0 fully saturated rings. The summed E-state index contributed by atoms with van der Waals surface area (Å²) in [5, 5.41) is 11.3. The molecule has 0 unspecified atom stereocenters. The first kappa shape index (κ1) is 37.4. The quantitative estimate of drug-likeness (QED) is 0.102. The number of rotatable bonds is 10. The van der Waals surface area contributed by atoms with Gasteiger partial charge in [-0.15, -0.1) is 10.2 Å². The van der Waals surface area contributed by atoms with Gasteiger partial charge in [-0.2, -0.15) is 0 Å². The van der Waals surface area contributed by atoms with Gasteiger partial charge >= 0.3 is 15.2 Å². The van der Waals surface area contributed by atoms with Crippen LogP contribution < -0.4 is 43.1 Å². The average Bonchev–Trinajstić information content (AvgIpc) is 3.02. The highest BCUT2D eigenvalue weighted by Gasteiger charge is 2.17. The number of pyridine rings is 2. The fourth-order valence-corrected chi connectivity index (χ4v) is 6.74. The van der Waals surface area contributed by atoms with E-state index < -0.39 is 15.2 Å². The van der Waals surface area contributed by atoms with Crippen LogP contribution in [0.3, 0.4) is 0 Å². The van der Waals surface area contributed by atoms with Crippen LogP contribution in [0.15, 0.2) is 122 Å². The number of hydrogen-bond acceptors (Lipinski definition) is 4. The molecule has 0 saturated heterocycles. The second kappa shape index (κ2) is 15.8. The van der Waals surface area contributed by atoms with Crippen LogP contribution in [-0.2, 0) is 34.5 Å². The first-order valence-electron chi connectivity index (χ1n) is 14.5. The summed E-state index contributed by atoms with van der Waals surface area (Å²) in [5.74, 6) is 0. The molecule has 3 heterocycles. The van der Waals surface area contributed by atoms with Crippen molar-refractivity contribution in [2.75, 3.05) is 0 Å². The number of nitrogens with zero attached hydrogens (tertiary/aromatic N) is 4. The van der Waals surface area contributed by atoms with Gasteiger partial charge in [0, 0.05) is 57.3 Å². The molecule has 0 amide bonds. The molecule has 0 spiro atoms. The SMILES string of the molecule is O=P(O)(O)Cc1ccc(C[n+]2ccc(-c3nnc(-c4cc[n+](Cc5ccc(CP(=O)(O)O)cc5)cc4)c4ccccc34)cc2)cc1.[Br-].[Br-]. The minimum Gasteiger partial charge on any atom is -1.00 e. The smallest absolute Gasteiger partial charge is 0.329 e. The number of fused-ring (bicyclic) bond motifs is 1. The zero-order chi connectivity index (χ0) is 32.3. The third-order valence-electron chi connectivity index (χ3n) is 7.57. The third kappa shape index (κ3) is 9.81. The Kier molecular flexibility index (Phi) is 12.3. The highest BCUT2D eigenvalue weighted by molar-refractivity contribution is 7.51. The van der Waals surface area contributed by atoms with E-state index in [1.54, 1.807) is 24.3 Å². The van der Waals surface area contributed by atoms with Crippen molar-refractivity contribution >= 4 is 26.0 Å². The van der Waals surface area contributed by atoms with Crippen LogP contribution >= 0.6 is 15.2 Å². The van der Waals surface area contributed by atoms with Crippen LogP contribution in [0.4, 0.5) is 0 Å². The second-order valence-electron chi connectivity index (χ2n) is 11.2. The molecule has 48 heavy (non-hydrogen) atoms. The van der Waals surface area contributed by atoms with E-state index in [4.69, 9.17) is 0 Å². The van der Waals surface area contributed by atoms with E-state index in [9.17, 15) is 28.7 Å². The van der Waals surface area contributed by atoms with E-state index in [1.807, 2.05) is 107 Å². The summed E-state index contributed by atoms with van der Waals surface area (Å²) in [4.78, 5) is 36.8. The van der Waals surface area contributed by atoms with Crippen LogP contribution in [-0.4, -0.2) is 29.8 Å². The molecule has 0 aliphatic carbocycles. The Hall–Kier alpha value is -3.44. The number of hydrogen-bond donors (Lipinski definition) is 4. The van der Waals surface area contributed by atoms with Crippen molar-refractivity contribution in [3.63, 3.8) is 0 Å². The van der Waals surface area contributed by atoms with Crippen LogP contribution in [0.2, 0.25) is 0 Å². The Morgan fingerprint density at radius 2 is 0.792 bits per heavy atom. The predicted molar refractivity (Wildman–Crippen MR) is 173 cm³/mol. The van der Waals surface area contributed by atoms with Crippen LogP contribution in [0.25, 0.3) is 33.3 Å². The van der Waals surface area contributed by atoms with Crippen molar-refractivity contribution in [3.05, 3.63) is 144 Å². The van der Waals surface area contributed by atoms with Crippen molar-refractivity contribution in [3.8, 4) is 22.5 Å². The molecule has 6 aromatic rings. The Morgan fingerprint density at radius 1 is 0.479 bits per heavy atom. The molecule has 14 heteroatoms. The Labute approximate surface area is 298 Å². The van der Waals surface area contributed by atoms with Gasteiger partial charge in [0.15, 0.2) is 37.9 Å². The molecule has 10 nitrogen and oxygen atoms in total. The predicted octanol–water partition coefficient (Wildman–Crippen LogP) is -1.00. The summed E-state index contributed by atoms with van der Waals surface area (Å²) in [6.07, 6.45) is 7.37. The van der Waals surface area contributed by atoms with Crippen LogP contribution in [0, 0.1) is 0 Å². The van der Waals surface area contributed by atoms with Crippen molar-refractivity contribution < 1.29 is 71.8 Å². The maximum atomic E-state index is 11.3. The topological polar surface area (TPSA) is 149 Å². The fraction of sp³-hybridized carbons (Fsp3) is 0.118. The summed E-state index contributed by atoms with van der Waals surface area (Å²) < 4.78 is 26.6. The third-order valence-corrected chi connectivity index (χ3v) is 9.12. The van der Waals surface area contributed by atoms with Crippen LogP contribution in [0.5, 0.6) is 0 Å². The standard InChI is InChI=1S/C34H30N4O6P2.2BrH/c39-45(40,41)23-27-9-5-25(6-10-27)21-37-17-13-29(14-18-37)33-31-3-1-2-4-32(31)34(36-35-33)30-15-19-38(20-16-30)22-26-7-11-28(12-8-26)24-46(42,43)44;;/h1-20H,21-24H2,(H2-2,39,40,41,42,43,44);2*1H. The lowest BCUT2D eigenvalue weighted by atomic mass is 10.0. The molecule has 4 N–H and O–H groups in total. The Bertz CT molecular complexity index is 1940. The Morgan fingerprint density at radius 3 is 1.10 bits per heavy atom. The summed E-state index contributed by atoms with van der Waals surface area (Å²) in [6, 6.07) is 30.6. The van der Waals surface area contributed by atoms with Gasteiger partial charge in [0.1, 0.15) is 11.4 Å². The van der Waals surface area contributed by atoms with Crippen molar-refractivity contribution in [1.82, 2.24) is 10.2 Å². The molecule has 248 valence electrons.